The van der Waals surface area contributed by atoms with Gasteiger partial charge in [0, 0.05) is 32.6 Å². The number of hydrogen-bond acceptors (Lipinski definition) is 6. The maximum absolute atomic E-state index is 12.7. The SMILES string of the molecule is CO[C@@H]1C[C@H]2CN(C(=O)CSc3ccccn3)C[C@H]2C[C@H]1Nc1ccccn1. The summed E-state index contributed by atoms with van der Waals surface area (Å²) in [6.45, 7) is 1.67. The Morgan fingerprint density at radius 2 is 1.89 bits per heavy atom. The average molecular weight is 399 g/mol. The zero-order valence-electron chi connectivity index (χ0n) is 16.0. The first-order valence-corrected chi connectivity index (χ1v) is 10.7. The molecule has 2 fully saturated rings. The highest BCUT2D eigenvalue weighted by Gasteiger charge is 2.43. The van der Waals surface area contributed by atoms with Gasteiger partial charge in [-0.05, 0) is 48.9 Å². The molecule has 6 nitrogen and oxygen atoms in total. The van der Waals surface area contributed by atoms with Crippen LogP contribution >= 0.6 is 11.8 Å². The van der Waals surface area contributed by atoms with Crippen LogP contribution in [0.15, 0.2) is 53.8 Å². The van der Waals surface area contributed by atoms with Crippen molar-refractivity contribution in [3.05, 3.63) is 48.8 Å². The molecule has 4 rings (SSSR count). The first kappa shape index (κ1) is 19.2. The Kier molecular flexibility index (Phi) is 6.12. The molecule has 0 unspecified atom stereocenters. The summed E-state index contributed by atoms with van der Waals surface area (Å²) in [5.74, 6) is 2.55. The summed E-state index contributed by atoms with van der Waals surface area (Å²) >= 11 is 1.51. The number of nitrogens with zero attached hydrogens (tertiary/aromatic N) is 3. The molecule has 0 spiro atoms. The minimum Gasteiger partial charge on any atom is -0.379 e. The fourth-order valence-corrected chi connectivity index (χ4v) is 5.09. The molecule has 7 heteroatoms. The average Bonchev–Trinajstić information content (AvgIpc) is 3.16. The number of amides is 1. The van der Waals surface area contributed by atoms with E-state index in [1.54, 1.807) is 19.5 Å². The normalized spacial score (nSPS) is 26.7. The molecule has 1 aliphatic carbocycles. The van der Waals surface area contributed by atoms with E-state index in [0.29, 0.717) is 17.6 Å². The van der Waals surface area contributed by atoms with E-state index in [9.17, 15) is 4.79 Å². The van der Waals surface area contributed by atoms with Crippen molar-refractivity contribution in [2.45, 2.75) is 30.0 Å². The van der Waals surface area contributed by atoms with Crippen molar-refractivity contribution >= 4 is 23.5 Å². The molecule has 1 saturated heterocycles. The van der Waals surface area contributed by atoms with Gasteiger partial charge in [0.2, 0.25) is 5.91 Å². The van der Waals surface area contributed by atoms with Gasteiger partial charge in [-0.2, -0.15) is 0 Å². The van der Waals surface area contributed by atoms with Gasteiger partial charge >= 0.3 is 0 Å². The van der Waals surface area contributed by atoms with Crippen LogP contribution in [0.2, 0.25) is 0 Å². The summed E-state index contributed by atoms with van der Waals surface area (Å²) in [7, 11) is 1.78. The molecule has 1 saturated carbocycles. The van der Waals surface area contributed by atoms with Crippen molar-refractivity contribution < 1.29 is 9.53 Å². The van der Waals surface area contributed by atoms with Crippen LogP contribution in [0.1, 0.15) is 12.8 Å². The van der Waals surface area contributed by atoms with Gasteiger partial charge in [0.15, 0.2) is 0 Å². The lowest BCUT2D eigenvalue weighted by Gasteiger charge is -2.37. The predicted octanol–water partition coefficient (Wildman–Crippen LogP) is 2.93. The summed E-state index contributed by atoms with van der Waals surface area (Å²) in [6, 6.07) is 11.9. The Morgan fingerprint density at radius 1 is 1.14 bits per heavy atom. The number of pyridine rings is 2. The van der Waals surface area contributed by atoms with Crippen molar-refractivity contribution in [2.75, 3.05) is 31.3 Å². The Hall–Kier alpha value is -2.12. The summed E-state index contributed by atoms with van der Waals surface area (Å²) in [5, 5.41) is 4.43. The van der Waals surface area contributed by atoms with Crippen LogP contribution in [0.25, 0.3) is 0 Å². The van der Waals surface area contributed by atoms with Crippen LogP contribution in [-0.2, 0) is 9.53 Å². The lowest BCUT2D eigenvalue weighted by molar-refractivity contribution is -0.127. The van der Waals surface area contributed by atoms with E-state index >= 15 is 0 Å². The molecule has 0 radical (unpaired) electrons. The number of rotatable bonds is 6. The molecule has 2 aliphatic rings. The van der Waals surface area contributed by atoms with Gasteiger partial charge in [0.25, 0.3) is 0 Å². The number of fused-ring (bicyclic) bond motifs is 1. The van der Waals surface area contributed by atoms with Gasteiger partial charge in [0.1, 0.15) is 5.82 Å². The first-order valence-electron chi connectivity index (χ1n) is 9.75. The van der Waals surface area contributed by atoms with Crippen molar-refractivity contribution in [1.82, 2.24) is 14.9 Å². The third kappa shape index (κ3) is 4.47. The summed E-state index contributed by atoms with van der Waals surface area (Å²) in [5.41, 5.74) is 0. The quantitative estimate of drug-likeness (QED) is 0.755. The van der Waals surface area contributed by atoms with Gasteiger partial charge < -0.3 is 15.0 Å². The number of ether oxygens (including phenoxy) is 1. The van der Waals surface area contributed by atoms with Crippen molar-refractivity contribution in [2.24, 2.45) is 11.8 Å². The number of nitrogens with one attached hydrogen (secondary N) is 1. The topological polar surface area (TPSA) is 67.3 Å². The maximum Gasteiger partial charge on any atom is 0.233 e. The highest BCUT2D eigenvalue weighted by Crippen LogP contribution is 2.38. The molecular weight excluding hydrogens is 372 g/mol. The van der Waals surface area contributed by atoms with Gasteiger partial charge in [-0.15, -0.1) is 0 Å². The molecule has 1 amide bonds. The Bertz CT molecular complexity index is 776. The zero-order valence-corrected chi connectivity index (χ0v) is 16.8. The summed E-state index contributed by atoms with van der Waals surface area (Å²) < 4.78 is 5.78. The second-order valence-electron chi connectivity index (χ2n) is 7.49. The van der Waals surface area contributed by atoms with Gasteiger partial charge in [0.05, 0.1) is 22.9 Å². The molecule has 4 atom stereocenters. The van der Waals surface area contributed by atoms with Crippen LogP contribution in [0.4, 0.5) is 5.82 Å². The predicted molar refractivity (Wildman–Crippen MR) is 110 cm³/mol. The smallest absolute Gasteiger partial charge is 0.233 e. The van der Waals surface area contributed by atoms with Crippen LogP contribution in [0.3, 0.4) is 0 Å². The molecule has 28 heavy (non-hydrogen) atoms. The number of anilines is 1. The minimum atomic E-state index is 0.140. The standard InChI is InChI=1S/C21H26N4O2S/c1-27-18-11-16-13-25(21(26)14-28-20-7-3-5-9-23-20)12-15(16)10-17(18)24-19-6-2-4-8-22-19/h2-9,15-18H,10-14H2,1H3,(H,22,24)/t15-,16+,17-,18-/m1/s1. The second kappa shape index (κ2) is 8.92. The molecule has 0 aromatic carbocycles. The Labute approximate surface area is 170 Å². The number of carbonyl (C=O) groups excluding carboxylic acids is 1. The second-order valence-corrected chi connectivity index (χ2v) is 8.48. The van der Waals surface area contributed by atoms with E-state index in [-0.39, 0.29) is 18.1 Å². The highest BCUT2D eigenvalue weighted by atomic mass is 32.2. The number of likely N-dealkylation sites (tertiary alicyclic amines) is 1. The minimum absolute atomic E-state index is 0.140. The Morgan fingerprint density at radius 3 is 2.57 bits per heavy atom. The van der Waals surface area contributed by atoms with E-state index in [2.05, 4.69) is 15.3 Å². The zero-order chi connectivity index (χ0) is 19.3. The fourth-order valence-electron chi connectivity index (χ4n) is 4.33. The number of methoxy groups -OCH3 is 1. The molecule has 0 bridgehead atoms. The molecular formula is C21H26N4O2S. The monoisotopic (exact) mass is 398 g/mol. The first-order chi connectivity index (χ1) is 13.7. The molecule has 1 aliphatic heterocycles. The Balaban J connectivity index is 1.34. The van der Waals surface area contributed by atoms with E-state index < -0.39 is 0 Å². The van der Waals surface area contributed by atoms with E-state index in [4.69, 9.17) is 4.74 Å². The lowest BCUT2D eigenvalue weighted by atomic mass is 9.77. The molecule has 1 N–H and O–H groups in total. The highest BCUT2D eigenvalue weighted by molar-refractivity contribution is 7.99. The van der Waals surface area contributed by atoms with Crippen molar-refractivity contribution in [3.63, 3.8) is 0 Å². The third-order valence-electron chi connectivity index (χ3n) is 5.75. The molecule has 3 heterocycles. The van der Waals surface area contributed by atoms with Crippen molar-refractivity contribution in [3.8, 4) is 0 Å². The maximum atomic E-state index is 12.7. The van der Waals surface area contributed by atoms with Crippen LogP contribution in [0, 0.1) is 11.8 Å². The van der Waals surface area contributed by atoms with Crippen LogP contribution < -0.4 is 5.32 Å². The molecule has 148 valence electrons. The summed E-state index contributed by atoms with van der Waals surface area (Å²) in [4.78, 5) is 23.4. The van der Waals surface area contributed by atoms with Crippen LogP contribution in [-0.4, -0.2) is 58.9 Å². The number of carbonyl (C=O) groups is 1. The number of thioether (sulfide) groups is 1. The van der Waals surface area contributed by atoms with E-state index in [1.807, 2.05) is 41.3 Å². The third-order valence-corrected chi connectivity index (χ3v) is 6.68. The van der Waals surface area contributed by atoms with Gasteiger partial charge in [-0.25, -0.2) is 9.97 Å². The summed E-state index contributed by atoms with van der Waals surface area (Å²) in [6.07, 6.45) is 5.67. The molecule has 2 aromatic heterocycles. The van der Waals surface area contributed by atoms with Crippen LogP contribution in [0.5, 0.6) is 0 Å². The number of hydrogen-bond donors (Lipinski definition) is 1. The van der Waals surface area contributed by atoms with Gasteiger partial charge in [-0.1, -0.05) is 23.9 Å². The molecule has 2 aromatic rings. The van der Waals surface area contributed by atoms with E-state index in [0.717, 1.165) is 36.8 Å². The van der Waals surface area contributed by atoms with Gasteiger partial charge in [-0.3, -0.25) is 4.79 Å². The largest absolute Gasteiger partial charge is 0.379 e. The number of aromatic nitrogens is 2. The van der Waals surface area contributed by atoms with Crippen molar-refractivity contribution in [1.29, 1.82) is 0 Å². The lowest BCUT2D eigenvalue weighted by Crippen LogP contribution is -2.44. The van der Waals surface area contributed by atoms with E-state index in [1.165, 1.54) is 11.8 Å². The fraction of sp³-hybridized carbons (Fsp3) is 0.476.